The molecule has 0 radical (unpaired) electrons. The molecule has 0 saturated heterocycles. The van der Waals surface area contributed by atoms with Crippen molar-refractivity contribution in [2.45, 2.75) is 50.1 Å². The summed E-state index contributed by atoms with van der Waals surface area (Å²) in [6, 6.07) is 12.7. The van der Waals surface area contributed by atoms with E-state index in [1.54, 1.807) is 18.3 Å². The topological polar surface area (TPSA) is 76.9 Å². The molecule has 3 aromatic rings. The van der Waals surface area contributed by atoms with Crippen molar-refractivity contribution in [3.05, 3.63) is 64.9 Å². The van der Waals surface area contributed by atoms with Crippen LogP contribution >= 0.6 is 11.6 Å². The summed E-state index contributed by atoms with van der Waals surface area (Å²) in [5.74, 6) is 0. The number of aromatic nitrogens is 3. The van der Waals surface area contributed by atoms with E-state index in [1.165, 1.54) is 18.9 Å². The average Bonchev–Trinajstić information content (AvgIpc) is 3.39. The molecule has 1 fully saturated rings. The van der Waals surface area contributed by atoms with Gasteiger partial charge in [-0.2, -0.15) is 5.10 Å². The van der Waals surface area contributed by atoms with E-state index in [9.17, 15) is 8.42 Å². The number of sulfonamides is 1. The highest BCUT2D eigenvalue weighted by Crippen LogP contribution is 2.33. The summed E-state index contributed by atoms with van der Waals surface area (Å²) in [4.78, 5) is 4.60. The van der Waals surface area contributed by atoms with Gasteiger partial charge in [-0.3, -0.25) is 9.67 Å². The Morgan fingerprint density at radius 2 is 1.97 bits per heavy atom. The molecular formula is C21H23ClN4O2S. The second-order valence-electron chi connectivity index (χ2n) is 7.35. The monoisotopic (exact) mass is 430 g/mol. The smallest absolute Gasteiger partial charge is 0.240 e. The summed E-state index contributed by atoms with van der Waals surface area (Å²) in [5.41, 5.74) is 3.26. The summed E-state index contributed by atoms with van der Waals surface area (Å²) < 4.78 is 30.0. The van der Waals surface area contributed by atoms with Crippen LogP contribution in [0.3, 0.4) is 0 Å². The Bertz CT molecular complexity index is 1110. The van der Waals surface area contributed by atoms with Crippen molar-refractivity contribution in [3.8, 4) is 11.4 Å². The maximum Gasteiger partial charge on any atom is 0.240 e. The SMILES string of the molecule is Cc1ccc(S(=O)(=O)NCc2cc(-c3ccccn3)n(C3CCCC3)n2)cc1Cl. The molecule has 2 aromatic heterocycles. The van der Waals surface area contributed by atoms with Crippen LogP contribution < -0.4 is 4.72 Å². The van der Waals surface area contributed by atoms with E-state index in [2.05, 4.69) is 9.71 Å². The fraction of sp³-hybridized carbons (Fsp3) is 0.333. The number of hydrogen-bond donors (Lipinski definition) is 1. The number of hydrogen-bond acceptors (Lipinski definition) is 4. The van der Waals surface area contributed by atoms with Gasteiger partial charge in [0.05, 0.1) is 34.6 Å². The second-order valence-corrected chi connectivity index (χ2v) is 9.53. The molecule has 8 heteroatoms. The Labute approximate surface area is 176 Å². The van der Waals surface area contributed by atoms with Gasteiger partial charge in [-0.1, -0.05) is 36.6 Å². The minimum Gasteiger partial charge on any atom is -0.260 e. The van der Waals surface area contributed by atoms with E-state index in [0.717, 1.165) is 29.8 Å². The third-order valence-corrected chi connectivity index (χ3v) is 7.09. The lowest BCUT2D eigenvalue weighted by atomic mass is 10.2. The van der Waals surface area contributed by atoms with Crippen molar-refractivity contribution in [2.75, 3.05) is 0 Å². The molecule has 4 rings (SSSR count). The van der Waals surface area contributed by atoms with E-state index >= 15 is 0 Å². The summed E-state index contributed by atoms with van der Waals surface area (Å²) in [5, 5.41) is 5.15. The third kappa shape index (κ3) is 4.37. The molecule has 29 heavy (non-hydrogen) atoms. The molecule has 6 nitrogen and oxygen atoms in total. The molecule has 0 bridgehead atoms. The number of aryl methyl sites for hydroxylation is 1. The zero-order chi connectivity index (χ0) is 20.4. The van der Waals surface area contributed by atoms with Gasteiger partial charge in [-0.05, 0) is 55.7 Å². The number of benzene rings is 1. The molecule has 1 aromatic carbocycles. The van der Waals surface area contributed by atoms with Crippen molar-refractivity contribution in [2.24, 2.45) is 0 Å². The number of halogens is 1. The van der Waals surface area contributed by atoms with Crippen molar-refractivity contribution in [1.82, 2.24) is 19.5 Å². The van der Waals surface area contributed by atoms with Gasteiger partial charge in [0.25, 0.3) is 0 Å². The fourth-order valence-corrected chi connectivity index (χ4v) is 4.93. The van der Waals surface area contributed by atoms with E-state index < -0.39 is 10.0 Å². The molecule has 0 unspecified atom stereocenters. The molecule has 2 heterocycles. The van der Waals surface area contributed by atoms with Crippen LogP contribution in [0.2, 0.25) is 5.02 Å². The molecule has 0 aliphatic heterocycles. The molecule has 152 valence electrons. The normalized spacial score (nSPS) is 15.1. The lowest BCUT2D eigenvalue weighted by Crippen LogP contribution is -2.23. The van der Waals surface area contributed by atoms with Gasteiger partial charge in [-0.15, -0.1) is 0 Å². The van der Waals surface area contributed by atoms with Gasteiger partial charge in [-0.25, -0.2) is 13.1 Å². The highest BCUT2D eigenvalue weighted by atomic mass is 35.5. The van der Waals surface area contributed by atoms with Crippen LogP contribution in [0.5, 0.6) is 0 Å². The van der Waals surface area contributed by atoms with Crippen LogP contribution in [0.25, 0.3) is 11.4 Å². The third-order valence-electron chi connectivity index (χ3n) is 5.28. The summed E-state index contributed by atoms with van der Waals surface area (Å²) >= 11 is 6.09. The van der Waals surface area contributed by atoms with Gasteiger partial charge in [0.1, 0.15) is 0 Å². The average molecular weight is 431 g/mol. The molecular weight excluding hydrogens is 408 g/mol. The molecule has 1 N–H and O–H groups in total. The van der Waals surface area contributed by atoms with Crippen LogP contribution in [0.4, 0.5) is 0 Å². The first-order chi connectivity index (χ1) is 13.9. The Kier molecular flexibility index (Phi) is 5.72. The lowest BCUT2D eigenvalue weighted by Gasteiger charge is -2.13. The predicted octanol–water partition coefficient (Wildman–Crippen LogP) is 4.50. The van der Waals surface area contributed by atoms with Gasteiger partial charge in [0, 0.05) is 11.2 Å². The van der Waals surface area contributed by atoms with Crippen molar-refractivity contribution >= 4 is 21.6 Å². The Hall–Kier alpha value is -2.22. The summed E-state index contributed by atoms with van der Waals surface area (Å²) in [6.07, 6.45) is 6.28. The quantitative estimate of drug-likeness (QED) is 0.624. The van der Waals surface area contributed by atoms with Crippen LogP contribution in [0, 0.1) is 6.92 Å². The zero-order valence-corrected chi connectivity index (χ0v) is 17.7. The molecule has 1 aliphatic rings. The summed E-state index contributed by atoms with van der Waals surface area (Å²) in [6.45, 7) is 1.94. The standard InChI is InChI=1S/C21H23ClN4O2S/c1-15-9-10-18(13-19(15)22)29(27,28)24-14-16-12-21(20-8-4-5-11-23-20)26(25-16)17-6-2-3-7-17/h4-5,8-13,17,24H,2-3,6-7,14H2,1H3. The summed E-state index contributed by atoms with van der Waals surface area (Å²) in [7, 11) is -3.68. The van der Waals surface area contributed by atoms with Gasteiger partial charge in [0.15, 0.2) is 0 Å². The first kappa shape index (κ1) is 20.1. The predicted molar refractivity (Wildman–Crippen MR) is 113 cm³/mol. The highest BCUT2D eigenvalue weighted by Gasteiger charge is 2.23. The van der Waals surface area contributed by atoms with Gasteiger partial charge >= 0.3 is 0 Å². The highest BCUT2D eigenvalue weighted by molar-refractivity contribution is 7.89. The van der Waals surface area contributed by atoms with Crippen molar-refractivity contribution < 1.29 is 8.42 Å². The molecule has 0 spiro atoms. The Morgan fingerprint density at radius 1 is 1.17 bits per heavy atom. The zero-order valence-electron chi connectivity index (χ0n) is 16.2. The molecule has 0 atom stereocenters. The van der Waals surface area contributed by atoms with Crippen molar-refractivity contribution in [3.63, 3.8) is 0 Å². The maximum atomic E-state index is 12.7. The van der Waals surface area contributed by atoms with E-state index in [-0.39, 0.29) is 11.4 Å². The number of pyridine rings is 1. The van der Waals surface area contributed by atoms with Gasteiger partial charge < -0.3 is 0 Å². The second kappa shape index (κ2) is 8.26. The van der Waals surface area contributed by atoms with E-state index in [1.807, 2.05) is 35.9 Å². The van der Waals surface area contributed by atoms with Crippen molar-refractivity contribution in [1.29, 1.82) is 0 Å². The number of rotatable bonds is 6. The lowest BCUT2D eigenvalue weighted by molar-refractivity contribution is 0.466. The maximum absolute atomic E-state index is 12.7. The first-order valence-corrected chi connectivity index (χ1v) is 11.6. The largest absolute Gasteiger partial charge is 0.260 e. The van der Waals surface area contributed by atoms with E-state index in [0.29, 0.717) is 16.8 Å². The molecule has 0 amide bonds. The van der Waals surface area contributed by atoms with Gasteiger partial charge in [0.2, 0.25) is 10.0 Å². The van der Waals surface area contributed by atoms with Crippen LogP contribution in [-0.4, -0.2) is 23.2 Å². The van der Waals surface area contributed by atoms with E-state index in [4.69, 9.17) is 16.7 Å². The van der Waals surface area contributed by atoms with Crippen LogP contribution in [-0.2, 0) is 16.6 Å². The first-order valence-electron chi connectivity index (χ1n) is 9.70. The van der Waals surface area contributed by atoms with Crippen LogP contribution in [0.1, 0.15) is 43.0 Å². The van der Waals surface area contributed by atoms with Crippen LogP contribution in [0.15, 0.2) is 53.6 Å². The molecule has 1 aliphatic carbocycles. The Morgan fingerprint density at radius 3 is 2.66 bits per heavy atom. The molecule has 1 saturated carbocycles. The number of nitrogens with one attached hydrogen (secondary N) is 1. The minimum atomic E-state index is -3.68. The number of nitrogens with zero attached hydrogens (tertiary/aromatic N) is 3. The fourth-order valence-electron chi connectivity index (χ4n) is 3.66. The Balaban J connectivity index is 1.59. The minimum absolute atomic E-state index is 0.105.